The van der Waals surface area contributed by atoms with E-state index in [9.17, 15) is 18.4 Å². The molecule has 1 aromatic heterocycles. The van der Waals surface area contributed by atoms with Crippen LogP contribution in [0.15, 0.2) is 28.8 Å². The van der Waals surface area contributed by atoms with Gasteiger partial charge in [-0.3, -0.25) is 9.59 Å². The van der Waals surface area contributed by atoms with Gasteiger partial charge < -0.3 is 14.7 Å². The van der Waals surface area contributed by atoms with Gasteiger partial charge in [-0.25, -0.2) is 8.78 Å². The molecule has 1 saturated heterocycles. The van der Waals surface area contributed by atoms with E-state index in [1.807, 2.05) is 0 Å². The molecule has 1 N–H and O–H groups in total. The van der Waals surface area contributed by atoms with Crippen molar-refractivity contribution in [2.24, 2.45) is 5.92 Å². The number of hydrogen-bond donors (Lipinski definition) is 1. The van der Waals surface area contributed by atoms with Crippen LogP contribution in [-0.4, -0.2) is 35.0 Å². The topological polar surface area (TPSA) is 75.4 Å². The van der Waals surface area contributed by atoms with Crippen LogP contribution >= 0.6 is 0 Å². The van der Waals surface area contributed by atoms with Gasteiger partial charge in [0.2, 0.25) is 5.91 Å². The zero-order chi connectivity index (χ0) is 18.0. The van der Waals surface area contributed by atoms with E-state index in [4.69, 9.17) is 4.52 Å². The lowest BCUT2D eigenvalue weighted by atomic mass is 9.95. The Bertz CT molecular complexity index is 798. The lowest BCUT2D eigenvalue weighted by Gasteiger charge is -2.31. The third kappa shape index (κ3) is 3.84. The van der Waals surface area contributed by atoms with Crippen molar-refractivity contribution in [2.45, 2.75) is 19.8 Å². The molecule has 0 atom stereocenters. The number of carbonyl (C=O) groups excluding carboxylic acids is 2. The molecule has 0 aliphatic carbocycles. The second-order valence-corrected chi connectivity index (χ2v) is 6.00. The summed E-state index contributed by atoms with van der Waals surface area (Å²) in [6.45, 7) is 2.37. The Morgan fingerprint density at radius 2 is 1.96 bits per heavy atom. The number of benzene rings is 1. The van der Waals surface area contributed by atoms with Crippen LogP contribution in [0.2, 0.25) is 0 Å². The molecule has 2 amide bonds. The number of anilines is 1. The highest BCUT2D eigenvalue weighted by Crippen LogP contribution is 2.22. The maximum absolute atomic E-state index is 13.7. The molecule has 1 aliphatic heterocycles. The minimum Gasteiger partial charge on any atom is -0.360 e. The van der Waals surface area contributed by atoms with E-state index < -0.39 is 17.5 Å². The molecule has 6 nitrogen and oxygen atoms in total. The quantitative estimate of drug-likeness (QED) is 0.924. The van der Waals surface area contributed by atoms with Gasteiger partial charge in [0.15, 0.2) is 5.82 Å². The first-order valence-corrected chi connectivity index (χ1v) is 7.92. The fourth-order valence-electron chi connectivity index (χ4n) is 2.83. The van der Waals surface area contributed by atoms with Crippen molar-refractivity contribution in [1.29, 1.82) is 0 Å². The Morgan fingerprint density at radius 1 is 1.24 bits per heavy atom. The van der Waals surface area contributed by atoms with Crippen molar-refractivity contribution in [3.05, 3.63) is 47.2 Å². The van der Waals surface area contributed by atoms with Crippen LogP contribution in [0, 0.1) is 24.5 Å². The maximum atomic E-state index is 13.7. The second-order valence-electron chi connectivity index (χ2n) is 6.00. The standard InChI is InChI=1S/C17H17F2N3O3/c1-10-8-15(21-25-10)20-16(23)11-4-6-22(7-5-11)17(24)13-3-2-12(18)9-14(13)19/h2-3,8-9,11H,4-7H2,1H3,(H,20,21,23). The van der Waals surface area contributed by atoms with Gasteiger partial charge in [0.05, 0.1) is 5.56 Å². The van der Waals surface area contributed by atoms with Crippen LogP contribution in [0.3, 0.4) is 0 Å². The lowest BCUT2D eigenvalue weighted by Crippen LogP contribution is -2.41. The molecule has 25 heavy (non-hydrogen) atoms. The zero-order valence-corrected chi connectivity index (χ0v) is 13.6. The van der Waals surface area contributed by atoms with E-state index in [-0.39, 0.29) is 17.4 Å². The molecule has 2 aromatic rings. The first kappa shape index (κ1) is 17.1. The number of aromatic nitrogens is 1. The van der Waals surface area contributed by atoms with Crippen LogP contribution in [0.4, 0.5) is 14.6 Å². The van der Waals surface area contributed by atoms with E-state index in [0.717, 1.165) is 12.1 Å². The van der Waals surface area contributed by atoms with Gasteiger partial charge in [-0.1, -0.05) is 5.16 Å². The van der Waals surface area contributed by atoms with Crippen molar-refractivity contribution >= 4 is 17.6 Å². The normalized spacial score (nSPS) is 15.2. The first-order valence-electron chi connectivity index (χ1n) is 7.92. The summed E-state index contributed by atoms with van der Waals surface area (Å²) in [4.78, 5) is 26.0. The molecule has 132 valence electrons. The average molecular weight is 349 g/mol. The van der Waals surface area contributed by atoms with Crippen molar-refractivity contribution in [3.63, 3.8) is 0 Å². The van der Waals surface area contributed by atoms with Crippen LogP contribution in [0.5, 0.6) is 0 Å². The number of amides is 2. The Hall–Kier alpha value is -2.77. The van der Waals surface area contributed by atoms with Crippen LogP contribution < -0.4 is 5.32 Å². The smallest absolute Gasteiger partial charge is 0.256 e. The van der Waals surface area contributed by atoms with Gasteiger partial charge >= 0.3 is 0 Å². The second kappa shape index (κ2) is 7.00. The molecular formula is C17H17F2N3O3. The summed E-state index contributed by atoms with van der Waals surface area (Å²) >= 11 is 0. The van der Waals surface area contributed by atoms with Gasteiger partial charge in [-0.05, 0) is 31.9 Å². The largest absolute Gasteiger partial charge is 0.360 e. The molecule has 0 bridgehead atoms. The fourth-order valence-corrected chi connectivity index (χ4v) is 2.83. The highest BCUT2D eigenvalue weighted by molar-refractivity contribution is 5.95. The molecule has 0 spiro atoms. The predicted molar refractivity (Wildman–Crippen MR) is 84.9 cm³/mol. The fraction of sp³-hybridized carbons (Fsp3) is 0.353. The molecule has 3 rings (SSSR count). The van der Waals surface area contributed by atoms with Gasteiger partial charge in [0.1, 0.15) is 17.4 Å². The Kier molecular flexibility index (Phi) is 4.78. The summed E-state index contributed by atoms with van der Waals surface area (Å²) in [5.41, 5.74) is -0.164. The van der Waals surface area contributed by atoms with Gasteiger partial charge in [0, 0.05) is 31.1 Å². The molecule has 1 aliphatic rings. The van der Waals surface area contributed by atoms with Crippen molar-refractivity contribution < 1.29 is 22.9 Å². The molecule has 1 aromatic carbocycles. The third-order valence-electron chi connectivity index (χ3n) is 4.19. The van der Waals surface area contributed by atoms with E-state index in [2.05, 4.69) is 10.5 Å². The number of rotatable bonds is 3. The van der Waals surface area contributed by atoms with E-state index in [1.165, 1.54) is 4.90 Å². The maximum Gasteiger partial charge on any atom is 0.256 e. The molecule has 2 heterocycles. The molecular weight excluding hydrogens is 332 g/mol. The molecule has 0 unspecified atom stereocenters. The number of halogens is 2. The summed E-state index contributed by atoms with van der Waals surface area (Å²) in [6, 6.07) is 4.50. The molecule has 8 heteroatoms. The number of piperidine rings is 1. The predicted octanol–water partition coefficient (Wildman–Crippen LogP) is 2.75. The minimum absolute atomic E-state index is 0.164. The Morgan fingerprint density at radius 3 is 2.56 bits per heavy atom. The Balaban J connectivity index is 1.57. The lowest BCUT2D eigenvalue weighted by molar-refractivity contribution is -0.121. The van der Waals surface area contributed by atoms with Crippen LogP contribution in [-0.2, 0) is 4.79 Å². The number of hydrogen-bond acceptors (Lipinski definition) is 4. The van der Waals surface area contributed by atoms with E-state index >= 15 is 0 Å². The molecule has 0 radical (unpaired) electrons. The molecule has 0 saturated carbocycles. The Labute approximate surface area is 142 Å². The van der Waals surface area contributed by atoms with Gasteiger partial charge in [-0.15, -0.1) is 0 Å². The summed E-state index contributed by atoms with van der Waals surface area (Å²) in [5.74, 6) is -1.61. The summed E-state index contributed by atoms with van der Waals surface area (Å²) in [5, 5.41) is 6.38. The third-order valence-corrected chi connectivity index (χ3v) is 4.19. The van der Waals surface area contributed by atoms with Crippen molar-refractivity contribution in [3.8, 4) is 0 Å². The number of nitrogens with zero attached hydrogens (tertiary/aromatic N) is 2. The number of nitrogens with one attached hydrogen (secondary N) is 1. The summed E-state index contributed by atoms with van der Waals surface area (Å²) in [6.07, 6.45) is 0.911. The minimum atomic E-state index is -0.883. The average Bonchev–Trinajstić information content (AvgIpc) is 2.99. The monoisotopic (exact) mass is 349 g/mol. The number of likely N-dealkylation sites (tertiary alicyclic amines) is 1. The highest BCUT2D eigenvalue weighted by Gasteiger charge is 2.29. The van der Waals surface area contributed by atoms with Crippen LogP contribution in [0.1, 0.15) is 29.0 Å². The van der Waals surface area contributed by atoms with Crippen molar-refractivity contribution in [2.75, 3.05) is 18.4 Å². The van der Waals surface area contributed by atoms with Crippen LogP contribution in [0.25, 0.3) is 0 Å². The SMILES string of the molecule is Cc1cc(NC(=O)C2CCN(C(=O)c3ccc(F)cc3F)CC2)no1. The van der Waals surface area contributed by atoms with E-state index in [1.54, 1.807) is 13.0 Å². The number of aryl methyl sites for hydroxylation is 1. The molecule has 1 fully saturated rings. The summed E-state index contributed by atoms with van der Waals surface area (Å²) < 4.78 is 31.6. The van der Waals surface area contributed by atoms with Gasteiger partial charge in [0.25, 0.3) is 5.91 Å². The zero-order valence-electron chi connectivity index (χ0n) is 13.6. The van der Waals surface area contributed by atoms with E-state index in [0.29, 0.717) is 43.6 Å². The summed E-state index contributed by atoms with van der Waals surface area (Å²) in [7, 11) is 0. The number of carbonyl (C=O) groups is 2. The first-order chi connectivity index (χ1) is 11.9. The highest BCUT2D eigenvalue weighted by atomic mass is 19.1. The van der Waals surface area contributed by atoms with Gasteiger partial charge in [-0.2, -0.15) is 0 Å². The van der Waals surface area contributed by atoms with Crippen molar-refractivity contribution in [1.82, 2.24) is 10.1 Å².